The summed E-state index contributed by atoms with van der Waals surface area (Å²) in [4.78, 5) is 19.3. The van der Waals surface area contributed by atoms with Gasteiger partial charge in [-0.2, -0.15) is 4.98 Å². The predicted molar refractivity (Wildman–Crippen MR) is 126 cm³/mol. The van der Waals surface area contributed by atoms with E-state index < -0.39 is 6.04 Å². The Labute approximate surface area is 190 Å². The van der Waals surface area contributed by atoms with Crippen molar-refractivity contribution in [2.45, 2.75) is 56.6 Å². The average Bonchev–Trinajstić information content (AvgIpc) is 3.40. The molecule has 3 heterocycles. The van der Waals surface area contributed by atoms with Crippen LogP contribution in [-0.2, 0) is 0 Å². The van der Waals surface area contributed by atoms with Crippen LogP contribution in [0.2, 0.25) is 0 Å². The number of nitrogens with one attached hydrogen (secondary N) is 2. The number of ether oxygens (including phenoxy) is 1. The number of allylic oxidation sites excluding steroid dienone is 1. The molecule has 2 N–H and O–H groups in total. The SMILES string of the molecule is CCCCCCCCSc1nc2n(n1)C(c1c[nH]c3ccc(OC)cc13)C([N+](=O)[O-])=CN2. The lowest BCUT2D eigenvalue weighted by atomic mass is 10.0. The molecule has 1 atom stereocenters. The summed E-state index contributed by atoms with van der Waals surface area (Å²) >= 11 is 1.59. The van der Waals surface area contributed by atoms with Crippen molar-refractivity contribution in [3.8, 4) is 5.75 Å². The van der Waals surface area contributed by atoms with Crippen molar-refractivity contribution in [2.75, 3.05) is 18.2 Å². The molecule has 170 valence electrons. The number of nitrogens with zero attached hydrogens (tertiary/aromatic N) is 4. The highest BCUT2D eigenvalue weighted by molar-refractivity contribution is 7.99. The van der Waals surface area contributed by atoms with Crippen molar-refractivity contribution in [3.05, 3.63) is 52.0 Å². The van der Waals surface area contributed by atoms with Crippen LogP contribution in [-0.4, -0.2) is 37.5 Å². The second-order valence-electron chi connectivity index (χ2n) is 7.81. The van der Waals surface area contributed by atoms with Gasteiger partial charge in [0.15, 0.2) is 6.04 Å². The molecule has 1 aliphatic rings. The van der Waals surface area contributed by atoms with Gasteiger partial charge < -0.3 is 15.0 Å². The lowest BCUT2D eigenvalue weighted by Crippen LogP contribution is -2.25. The molecule has 1 aliphatic heterocycles. The average molecular weight is 457 g/mol. The van der Waals surface area contributed by atoms with Crippen molar-refractivity contribution in [3.63, 3.8) is 0 Å². The number of methoxy groups -OCH3 is 1. The van der Waals surface area contributed by atoms with E-state index >= 15 is 0 Å². The molecule has 0 saturated carbocycles. The Morgan fingerprint density at radius 3 is 2.84 bits per heavy atom. The highest BCUT2D eigenvalue weighted by Crippen LogP contribution is 2.38. The molecule has 0 fully saturated rings. The largest absolute Gasteiger partial charge is 0.497 e. The highest BCUT2D eigenvalue weighted by Gasteiger charge is 2.37. The van der Waals surface area contributed by atoms with Crippen molar-refractivity contribution in [2.24, 2.45) is 0 Å². The number of hydrogen-bond acceptors (Lipinski definition) is 7. The fourth-order valence-corrected chi connectivity index (χ4v) is 4.78. The Morgan fingerprint density at radius 1 is 1.25 bits per heavy atom. The van der Waals surface area contributed by atoms with Crippen LogP contribution in [0.25, 0.3) is 10.9 Å². The van der Waals surface area contributed by atoms with Crippen molar-refractivity contribution in [1.29, 1.82) is 0 Å². The van der Waals surface area contributed by atoms with Crippen molar-refractivity contribution < 1.29 is 9.66 Å². The van der Waals surface area contributed by atoms with Gasteiger partial charge in [-0.15, -0.1) is 5.10 Å². The number of H-pyrrole nitrogens is 1. The molecule has 1 unspecified atom stereocenters. The number of anilines is 1. The number of hydrogen-bond donors (Lipinski definition) is 2. The number of nitro groups is 1. The van der Waals surface area contributed by atoms with E-state index in [1.54, 1.807) is 29.8 Å². The maximum absolute atomic E-state index is 11.9. The zero-order valence-corrected chi connectivity index (χ0v) is 19.2. The van der Waals surface area contributed by atoms with Crippen LogP contribution >= 0.6 is 11.8 Å². The fraction of sp³-hybridized carbons (Fsp3) is 0.455. The van der Waals surface area contributed by atoms with Gasteiger partial charge in [0.05, 0.1) is 18.2 Å². The Hall–Kier alpha value is -3.01. The Kier molecular flexibility index (Phi) is 6.99. The fourth-order valence-electron chi connectivity index (χ4n) is 3.95. The first kappa shape index (κ1) is 22.2. The molecular weight excluding hydrogens is 428 g/mol. The number of thioether (sulfide) groups is 1. The molecule has 32 heavy (non-hydrogen) atoms. The third-order valence-electron chi connectivity index (χ3n) is 5.64. The maximum Gasteiger partial charge on any atom is 0.291 e. The van der Waals surface area contributed by atoms with Gasteiger partial charge in [-0.3, -0.25) is 10.1 Å². The number of fused-ring (bicyclic) bond motifs is 2. The summed E-state index contributed by atoms with van der Waals surface area (Å²) in [5.41, 5.74) is 1.64. The zero-order valence-electron chi connectivity index (χ0n) is 18.3. The van der Waals surface area contributed by atoms with Gasteiger partial charge in [0.2, 0.25) is 11.1 Å². The van der Waals surface area contributed by atoms with Gasteiger partial charge in [0.1, 0.15) is 5.75 Å². The summed E-state index contributed by atoms with van der Waals surface area (Å²) in [6, 6.07) is 4.94. The van der Waals surface area contributed by atoms with E-state index in [9.17, 15) is 10.1 Å². The summed E-state index contributed by atoms with van der Waals surface area (Å²) < 4.78 is 6.97. The monoisotopic (exact) mass is 456 g/mol. The minimum Gasteiger partial charge on any atom is -0.497 e. The molecule has 0 radical (unpaired) electrons. The van der Waals surface area contributed by atoms with Gasteiger partial charge in [-0.1, -0.05) is 50.8 Å². The first-order valence-corrected chi connectivity index (χ1v) is 12.0. The van der Waals surface area contributed by atoms with Gasteiger partial charge in [-0.05, 0) is 24.6 Å². The Bertz CT molecular complexity index is 1120. The topological polar surface area (TPSA) is 111 Å². The lowest BCUT2D eigenvalue weighted by Gasteiger charge is -2.20. The summed E-state index contributed by atoms with van der Waals surface area (Å²) in [5, 5.41) is 20.9. The van der Waals surface area contributed by atoms with Gasteiger partial charge in [-0.25, -0.2) is 4.68 Å². The molecular formula is C22H28N6O3S. The third kappa shape index (κ3) is 4.59. The van der Waals surface area contributed by atoms with E-state index in [2.05, 4.69) is 27.3 Å². The molecule has 9 nitrogen and oxygen atoms in total. The van der Waals surface area contributed by atoms with E-state index in [1.165, 1.54) is 38.3 Å². The summed E-state index contributed by atoms with van der Waals surface area (Å²) in [7, 11) is 1.60. The van der Waals surface area contributed by atoms with Crippen LogP contribution in [0.1, 0.15) is 57.1 Å². The van der Waals surface area contributed by atoms with Crippen LogP contribution in [0, 0.1) is 10.1 Å². The smallest absolute Gasteiger partial charge is 0.291 e. The minimum absolute atomic E-state index is 0.0126. The third-order valence-corrected chi connectivity index (χ3v) is 6.57. The maximum atomic E-state index is 11.9. The van der Waals surface area contributed by atoms with Crippen LogP contribution < -0.4 is 10.1 Å². The second-order valence-corrected chi connectivity index (χ2v) is 8.87. The van der Waals surface area contributed by atoms with Crippen molar-refractivity contribution in [1.82, 2.24) is 19.7 Å². The van der Waals surface area contributed by atoms with E-state index in [0.29, 0.717) is 16.9 Å². The molecule has 4 rings (SSSR count). The van der Waals surface area contributed by atoms with E-state index in [-0.39, 0.29) is 10.6 Å². The summed E-state index contributed by atoms with van der Waals surface area (Å²) in [5.74, 6) is 2.12. The van der Waals surface area contributed by atoms with E-state index in [0.717, 1.165) is 28.6 Å². The Balaban J connectivity index is 1.57. The zero-order chi connectivity index (χ0) is 22.5. The molecule has 0 spiro atoms. The van der Waals surface area contributed by atoms with E-state index in [4.69, 9.17) is 4.74 Å². The molecule has 0 amide bonds. The van der Waals surface area contributed by atoms with E-state index in [1.807, 2.05) is 18.2 Å². The summed E-state index contributed by atoms with van der Waals surface area (Å²) in [6.45, 7) is 2.22. The summed E-state index contributed by atoms with van der Waals surface area (Å²) in [6.07, 6.45) is 10.6. The quantitative estimate of drug-likeness (QED) is 0.173. The van der Waals surface area contributed by atoms with Crippen LogP contribution in [0.15, 0.2) is 41.4 Å². The van der Waals surface area contributed by atoms with Crippen LogP contribution in [0.4, 0.5) is 5.95 Å². The molecule has 3 aromatic rings. The number of aromatic nitrogens is 4. The number of aromatic amines is 1. The van der Waals surface area contributed by atoms with Crippen molar-refractivity contribution >= 4 is 28.6 Å². The normalized spacial score (nSPS) is 15.3. The molecule has 2 aromatic heterocycles. The number of unbranched alkanes of at least 4 members (excludes halogenated alkanes) is 5. The lowest BCUT2D eigenvalue weighted by molar-refractivity contribution is -0.431. The Morgan fingerprint density at radius 2 is 2.06 bits per heavy atom. The standard InChI is InChI=1S/C22H28N6O3S/c1-3-4-5-6-7-8-11-32-22-25-21-24-14-19(28(29)30)20(27(21)26-22)17-13-23-18-10-9-15(31-2)12-16(17)18/h9-10,12-14,20,23H,3-8,11H2,1-2H3,(H,24,25,26). The van der Waals surface area contributed by atoms with Gasteiger partial charge >= 0.3 is 0 Å². The van der Waals surface area contributed by atoms with Crippen LogP contribution in [0.3, 0.4) is 0 Å². The molecule has 0 bridgehead atoms. The van der Waals surface area contributed by atoms with Crippen LogP contribution in [0.5, 0.6) is 5.75 Å². The highest BCUT2D eigenvalue weighted by atomic mass is 32.2. The predicted octanol–water partition coefficient (Wildman–Crippen LogP) is 5.35. The molecule has 0 saturated heterocycles. The molecule has 0 aliphatic carbocycles. The molecule has 1 aromatic carbocycles. The number of benzene rings is 1. The second kappa shape index (κ2) is 10.1. The number of rotatable bonds is 11. The minimum atomic E-state index is -0.696. The first-order chi connectivity index (χ1) is 15.6. The molecule has 10 heteroatoms. The van der Waals surface area contributed by atoms with Gasteiger partial charge in [0, 0.05) is 28.4 Å². The first-order valence-electron chi connectivity index (χ1n) is 11.0. The van der Waals surface area contributed by atoms with Gasteiger partial charge in [0.25, 0.3) is 5.70 Å².